The van der Waals surface area contributed by atoms with Crippen molar-refractivity contribution in [3.63, 3.8) is 0 Å². The minimum Gasteiger partial charge on any atom is -0.414 e. The van der Waals surface area contributed by atoms with Gasteiger partial charge in [-0.3, -0.25) is 0 Å². The van der Waals surface area contributed by atoms with Gasteiger partial charge in [0.05, 0.1) is 26.1 Å². The molecule has 1 saturated heterocycles. The number of ether oxygens (including phenoxy) is 1. The molecule has 1 aliphatic rings. The molecule has 0 bridgehead atoms. The molecule has 0 aromatic carbocycles. The summed E-state index contributed by atoms with van der Waals surface area (Å²) < 4.78 is 5.56. The number of carbonyl (C=O) groups is 2. The minimum atomic E-state index is -0.461. The quantitative estimate of drug-likeness (QED) is 0.492. The Labute approximate surface area is 90.8 Å². The molecule has 0 aliphatic carbocycles. The molecule has 1 rings (SSSR count). The second kappa shape index (κ2) is 3.93. The predicted octanol–water partition coefficient (Wildman–Crippen LogP) is 1.59. The highest BCUT2D eigenvalue weighted by atomic mass is 16.6. The lowest BCUT2D eigenvalue weighted by Crippen LogP contribution is -2.49. The van der Waals surface area contributed by atoms with E-state index in [-0.39, 0.29) is 16.5 Å². The third-order valence-corrected chi connectivity index (χ3v) is 2.66. The molecule has 0 aromatic heterocycles. The first-order chi connectivity index (χ1) is 6.77. The van der Waals surface area contributed by atoms with Crippen molar-refractivity contribution in [3.05, 3.63) is 0 Å². The van der Waals surface area contributed by atoms with Gasteiger partial charge in [0.1, 0.15) is 11.9 Å². The molecule has 0 aromatic rings. The van der Waals surface area contributed by atoms with Gasteiger partial charge in [0.2, 0.25) is 0 Å². The van der Waals surface area contributed by atoms with E-state index in [0.717, 1.165) is 12.7 Å². The zero-order chi connectivity index (χ0) is 11.7. The molecule has 2 unspecified atom stereocenters. The smallest absolute Gasteiger partial charge is 0.414 e. The lowest BCUT2D eigenvalue weighted by atomic mass is 10.1. The number of aldehydes is 1. The van der Waals surface area contributed by atoms with Crippen LogP contribution in [0.5, 0.6) is 0 Å². The van der Waals surface area contributed by atoms with Crippen LogP contribution < -0.4 is 0 Å². The Bertz CT molecular complexity index is 269. The Morgan fingerprint density at radius 1 is 1.47 bits per heavy atom. The predicted molar refractivity (Wildman–Crippen MR) is 56.3 cm³/mol. The molecule has 0 saturated carbocycles. The van der Waals surface area contributed by atoms with Gasteiger partial charge in [0, 0.05) is 6.42 Å². The van der Waals surface area contributed by atoms with Crippen molar-refractivity contribution in [2.75, 3.05) is 20.1 Å². The van der Waals surface area contributed by atoms with E-state index < -0.39 is 5.60 Å². The van der Waals surface area contributed by atoms with Gasteiger partial charge in [-0.1, -0.05) is 0 Å². The van der Waals surface area contributed by atoms with E-state index in [1.807, 2.05) is 27.8 Å². The molecule has 4 heteroatoms. The van der Waals surface area contributed by atoms with Crippen LogP contribution in [-0.4, -0.2) is 42.6 Å². The van der Waals surface area contributed by atoms with E-state index in [1.54, 1.807) is 0 Å². The van der Waals surface area contributed by atoms with E-state index in [4.69, 9.17) is 4.74 Å². The van der Waals surface area contributed by atoms with Crippen molar-refractivity contribution in [3.8, 4) is 0 Å². The Morgan fingerprint density at radius 2 is 2.07 bits per heavy atom. The topological polar surface area (TPSA) is 43.4 Å². The summed E-state index contributed by atoms with van der Waals surface area (Å²) in [5, 5.41) is 0. The van der Waals surface area contributed by atoms with Crippen LogP contribution in [0.2, 0.25) is 0 Å². The summed E-state index contributed by atoms with van der Waals surface area (Å²) in [6, 6.07) is 0. The molecule has 15 heavy (non-hydrogen) atoms. The highest BCUT2D eigenvalue weighted by Crippen LogP contribution is 2.24. The SMILES string of the molecule is CC(C)(C)OC(=O)[N+]1(C)CCC(C=O)C1. The van der Waals surface area contributed by atoms with Crippen molar-refractivity contribution >= 4 is 12.4 Å². The maximum atomic E-state index is 11.9. The highest BCUT2D eigenvalue weighted by Gasteiger charge is 2.43. The van der Waals surface area contributed by atoms with Crippen LogP contribution in [0.4, 0.5) is 4.79 Å². The number of nitrogens with zero attached hydrogens (tertiary/aromatic N) is 1. The molecule has 1 fully saturated rings. The van der Waals surface area contributed by atoms with Gasteiger partial charge < -0.3 is 9.53 Å². The molecule has 1 heterocycles. The lowest BCUT2D eigenvalue weighted by molar-refractivity contribution is -0.826. The lowest BCUT2D eigenvalue weighted by Gasteiger charge is -2.29. The van der Waals surface area contributed by atoms with Gasteiger partial charge in [-0.25, -0.2) is 4.48 Å². The summed E-state index contributed by atoms with van der Waals surface area (Å²) in [5.74, 6) is 0.00233. The third kappa shape index (κ3) is 3.02. The zero-order valence-electron chi connectivity index (χ0n) is 9.95. The van der Waals surface area contributed by atoms with Gasteiger partial charge in [-0.2, -0.15) is 4.79 Å². The van der Waals surface area contributed by atoms with Crippen molar-refractivity contribution < 1.29 is 18.8 Å². The normalized spacial score (nSPS) is 31.3. The van der Waals surface area contributed by atoms with Crippen LogP contribution in [0.15, 0.2) is 0 Å². The number of likely N-dealkylation sites (tertiary alicyclic amines) is 1. The average Bonchev–Trinajstić information content (AvgIpc) is 2.46. The molecule has 0 spiro atoms. The fourth-order valence-electron chi connectivity index (χ4n) is 1.80. The first-order valence-electron chi connectivity index (χ1n) is 5.30. The van der Waals surface area contributed by atoms with Crippen molar-refractivity contribution in [1.82, 2.24) is 0 Å². The molecule has 2 atom stereocenters. The standard InChI is InChI=1S/C11H20NO3/c1-11(2,3)15-10(14)12(4)6-5-9(7-12)8-13/h8-9H,5-7H2,1-4H3/q+1. The van der Waals surface area contributed by atoms with Crippen molar-refractivity contribution in [2.45, 2.75) is 32.8 Å². The Hall–Kier alpha value is -0.900. The largest absolute Gasteiger partial charge is 0.516 e. The van der Waals surface area contributed by atoms with Gasteiger partial charge in [-0.15, -0.1) is 0 Å². The second-order valence-corrected chi connectivity index (χ2v) is 5.47. The monoisotopic (exact) mass is 214 g/mol. The van der Waals surface area contributed by atoms with Gasteiger partial charge in [0.25, 0.3) is 0 Å². The number of rotatable bonds is 1. The maximum absolute atomic E-state index is 11.9. The minimum absolute atomic E-state index is 0.00233. The number of hydrogen-bond acceptors (Lipinski definition) is 3. The van der Waals surface area contributed by atoms with Gasteiger partial charge in [-0.05, 0) is 20.8 Å². The van der Waals surface area contributed by atoms with Crippen LogP contribution in [0.3, 0.4) is 0 Å². The summed E-state index contributed by atoms with van der Waals surface area (Å²) in [4.78, 5) is 22.5. The first kappa shape index (κ1) is 12.2. The Morgan fingerprint density at radius 3 is 2.47 bits per heavy atom. The van der Waals surface area contributed by atoms with Gasteiger partial charge in [0.15, 0.2) is 0 Å². The molecule has 0 radical (unpaired) electrons. The van der Waals surface area contributed by atoms with Crippen LogP contribution >= 0.6 is 0 Å². The highest BCUT2D eigenvalue weighted by molar-refractivity contribution is 5.62. The molecule has 4 nitrogen and oxygen atoms in total. The van der Waals surface area contributed by atoms with Crippen LogP contribution in [-0.2, 0) is 9.53 Å². The summed E-state index contributed by atoms with van der Waals surface area (Å²) in [5.41, 5.74) is -0.461. The zero-order valence-corrected chi connectivity index (χ0v) is 9.95. The van der Waals surface area contributed by atoms with Crippen LogP contribution in [0.25, 0.3) is 0 Å². The van der Waals surface area contributed by atoms with Crippen molar-refractivity contribution in [1.29, 1.82) is 0 Å². The first-order valence-corrected chi connectivity index (χ1v) is 5.30. The van der Waals surface area contributed by atoms with Crippen LogP contribution in [0.1, 0.15) is 27.2 Å². The van der Waals surface area contributed by atoms with Gasteiger partial charge >= 0.3 is 6.09 Å². The number of hydrogen-bond donors (Lipinski definition) is 0. The maximum Gasteiger partial charge on any atom is 0.516 e. The van der Waals surface area contributed by atoms with Crippen LogP contribution in [0, 0.1) is 5.92 Å². The third-order valence-electron chi connectivity index (χ3n) is 2.66. The van der Waals surface area contributed by atoms with E-state index in [1.165, 1.54) is 0 Å². The number of amides is 1. The number of quaternary nitrogens is 1. The molecule has 1 amide bonds. The summed E-state index contributed by atoms with van der Waals surface area (Å²) in [6.07, 6.45) is 1.49. The fraction of sp³-hybridized carbons (Fsp3) is 0.818. The Balaban J connectivity index is 2.64. The molecule has 0 N–H and O–H groups in total. The molecule has 1 aliphatic heterocycles. The second-order valence-electron chi connectivity index (χ2n) is 5.47. The van der Waals surface area contributed by atoms with E-state index in [9.17, 15) is 9.59 Å². The summed E-state index contributed by atoms with van der Waals surface area (Å²) in [7, 11) is 1.83. The molecule has 86 valence electrons. The summed E-state index contributed by atoms with van der Waals surface area (Å²) in [6.45, 7) is 6.82. The summed E-state index contributed by atoms with van der Waals surface area (Å²) >= 11 is 0. The molecular formula is C11H20NO3+. The Kier molecular flexibility index (Phi) is 3.19. The van der Waals surface area contributed by atoms with E-state index in [0.29, 0.717) is 13.1 Å². The fourth-order valence-corrected chi connectivity index (χ4v) is 1.80. The van der Waals surface area contributed by atoms with Crippen molar-refractivity contribution in [2.24, 2.45) is 5.92 Å². The number of carbonyl (C=O) groups excluding carboxylic acids is 2. The molecular weight excluding hydrogens is 194 g/mol. The average molecular weight is 214 g/mol. The van der Waals surface area contributed by atoms with E-state index in [2.05, 4.69) is 0 Å². The van der Waals surface area contributed by atoms with E-state index >= 15 is 0 Å².